The molecule has 0 aromatic heterocycles. The number of halogens is 2. The summed E-state index contributed by atoms with van der Waals surface area (Å²) in [4.78, 5) is 12.9. The molecule has 0 bridgehead atoms. The molecule has 0 unspecified atom stereocenters. The molecule has 1 aliphatic rings. The van der Waals surface area contributed by atoms with E-state index in [1.54, 1.807) is 30.3 Å². The number of hydrazone groups is 1. The summed E-state index contributed by atoms with van der Waals surface area (Å²) in [6.45, 7) is 0.398. The summed E-state index contributed by atoms with van der Waals surface area (Å²) in [5.41, 5.74) is 3.73. The van der Waals surface area contributed by atoms with E-state index in [4.69, 9.17) is 21.1 Å². The second-order valence-electron chi connectivity index (χ2n) is 8.29. The lowest BCUT2D eigenvalue weighted by Crippen LogP contribution is -2.44. The second-order valence-corrected chi connectivity index (χ2v) is 10.6. The Kier molecular flexibility index (Phi) is 8.42. The van der Waals surface area contributed by atoms with E-state index >= 15 is 0 Å². The number of rotatable bonds is 9. The smallest absolute Gasteiger partial charge is 0.258 e. The van der Waals surface area contributed by atoms with Gasteiger partial charge < -0.3 is 9.47 Å². The molecule has 1 atom stereocenters. The van der Waals surface area contributed by atoms with Crippen molar-refractivity contribution in [3.05, 3.63) is 88.7 Å². The number of carbonyl (C=O) groups excluding carboxylic acids is 1. The highest BCUT2D eigenvalue weighted by Gasteiger charge is 2.39. The third-order valence-electron chi connectivity index (χ3n) is 5.79. The van der Waals surface area contributed by atoms with Crippen LogP contribution in [0.2, 0.25) is 5.02 Å². The summed E-state index contributed by atoms with van der Waals surface area (Å²) in [5.74, 6) is 0.0305. The zero-order valence-corrected chi connectivity index (χ0v) is 21.5. The van der Waals surface area contributed by atoms with Crippen LogP contribution in [0.4, 0.5) is 4.39 Å². The lowest BCUT2D eigenvalue weighted by atomic mass is 10.2. The fourth-order valence-corrected chi connectivity index (χ4v) is 5.73. The molecule has 37 heavy (non-hydrogen) atoms. The molecule has 3 aromatic carbocycles. The van der Waals surface area contributed by atoms with Gasteiger partial charge in [0.1, 0.15) is 18.5 Å². The monoisotopic (exact) mass is 545 g/mol. The molecule has 1 saturated heterocycles. The van der Waals surface area contributed by atoms with Crippen molar-refractivity contribution in [1.82, 2.24) is 9.73 Å². The maximum absolute atomic E-state index is 13.4. The number of hydrogen-bond acceptors (Lipinski definition) is 6. The topological polar surface area (TPSA) is 97.3 Å². The van der Waals surface area contributed by atoms with E-state index in [1.807, 2.05) is 0 Å². The summed E-state index contributed by atoms with van der Waals surface area (Å²) >= 11 is 5.87. The minimum Gasteiger partial charge on any atom is -0.493 e. The number of benzene rings is 3. The number of sulfonamides is 1. The predicted octanol–water partition coefficient (Wildman–Crippen LogP) is 4.37. The average molecular weight is 546 g/mol. The van der Waals surface area contributed by atoms with Crippen LogP contribution in [-0.4, -0.2) is 44.5 Å². The Bertz CT molecular complexity index is 1400. The van der Waals surface area contributed by atoms with Crippen molar-refractivity contribution in [3.63, 3.8) is 0 Å². The molecule has 1 N–H and O–H groups in total. The van der Waals surface area contributed by atoms with E-state index in [-0.39, 0.29) is 23.9 Å². The Morgan fingerprint density at radius 1 is 1.16 bits per heavy atom. The van der Waals surface area contributed by atoms with Crippen molar-refractivity contribution in [3.8, 4) is 11.5 Å². The lowest BCUT2D eigenvalue weighted by Gasteiger charge is -2.22. The van der Waals surface area contributed by atoms with E-state index in [0.717, 1.165) is 0 Å². The SMILES string of the molecule is COc1cc(/C=N\NC(=O)[C@H]2CCCN2S(=O)(=O)c2ccc(Cl)cc2)ccc1OCc1cccc(F)c1. The van der Waals surface area contributed by atoms with E-state index in [2.05, 4.69) is 10.5 Å². The van der Waals surface area contributed by atoms with Crippen molar-refractivity contribution < 1.29 is 27.1 Å². The highest BCUT2D eigenvalue weighted by Crippen LogP contribution is 2.29. The molecule has 0 aliphatic carbocycles. The van der Waals surface area contributed by atoms with Gasteiger partial charge in [-0.3, -0.25) is 4.79 Å². The highest BCUT2D eigenvalue weighted by molar-refractivity contribution is 7.89. The van der Waals surface area contributed by atoms with E-state index < -0.39 is 22.0 Å². The molecule has 0 spiro atoms. The first kappa shape index (κ1) is 26.6. The van der Waals surface area contributed by atoms with Crippen LogP contribution in [0.1, 0.15) is 24.0 Å². The number of methoxy groups -OCH3 is 1. The Balaban J connectivity index is 1.39. The molecule has 11 heteroatoms. The van der Waals surface area contributed by atoms with Gasteiger partial charge in [0.25, 0.3) is 5.91 Å². The fraction of sp³-hybridized carbons (Fsp3) is 0.231. The first-order valence-electron chi connectivity index (χ1n) is 11.4. The molecule has 3 aromatic rings. The normalized spacial score (nSPS) is 16.1. The summed E-state index contributed by atoms with van der Waals surface area (Å²) in [6, 6.07) is 16.1. The van der Waals surface area contributed by atoms with Gasteiger partial charge >= 0.3 is 0 Å². The number of amides is 1. The van der Waals surface area contributed by atoms with Crippen molar-refractivity contribution >= 4 is 33.7 Å². The summed E-state index contributed by atoms with van der Waals surface area (Å²) in [6.07, 6.45) is 2.37. The van der Waals surface area contributed by atoms with Crippen molar-refractivity contribution in [2.45, 2.75) is 30.4 Å². The van der Waals surface area contributed by atoms with E-state index in [9.17, 15) is 17.6 Å². The Morgan fingerprint density at radius 3 is 2.68 bits per heavy atom. The number of nitrogens with one attached hydrogen (secondary N) is 1. The molecule has 8 nitrogen and oxygen atoms in total. The minimum atomic E-state index is -3.86. The molecule has 194 valence electrons. The quantitative estimate of drug-likeness (QED) is 0.318. The van der Waals surface area contributed by atoms with Gasteiger partial charge in [-0.2, -0.15) is 9.41 Å². The molecular formula is C26H25ClFN3O5S. The summed E-state index contributed by atoms with van der Waals surface area (Å²) in [5, 5.41) is 4.42. The van der Waals surface area contributed by atoms with E-state index in [0.29, 0.717) is 40.5 Å². The molecule has 1 heterocycles. The van der Waals surface area contributed by atoms with Crippen LogP contribution >= 0.6 is 11.6 Å². The van der Waals surface area contributed by atoms with Crippen LogP contribution in [0.25, 0.3) is 0 Å². The Hall–Kier alpha value is -3.47. The second kappa shape index (κ2) is 11.7. The van der Waals surface area contributed by atoms with Crippen molar-refractivity contribution in [1.29, 1.82) is 0 Å². The number of carbonyl (C=O) groups is 1. The van der Waals surface area contributed by atoms with Crippen LogP contribution < -0.4 is 14.9 Å². The zero-order valence-electron chi connectivity index (χ0n) is 19.9. The first-order chi connectivity index (χ1) is 17.8. The zero-order chi connectivity index (χ0) is 26.4. The maximum Gasteiger partial charge on any atom is 0.258 e. The number of nitrogens with zero attached hydrogens (tertiary/aromatic N) is 2. The van der Waals surface area contributed by atoms with Gasteiger partial charge in [-0.05, 0) is 78.6 Å². The predicted molar refractivity (Wildman–Crippen MR) is 138 cm³/mol. The van der Waals surface area contributed by atoms with Gasteiger partial charge in [0.2, 0.25) is 10.0 Å². The van der Waals surface area contributed by atoms with Gasteiger partial charge in [0.05, 0.1) is 18.2 Å². The number of hydrogen-bond donors (Lipinski definition) is 1. The van der Waals surface area contributed by atoms with Crippen molar-refractivity contribution in [2.75, 3.05) is 13.7 Å². The molecule has 0 radical (unpaired) electrons. The van der Waals surface area contributed by atoms with Gasteiger partial charge in [0, 0.05) is 11.6 Å². The van der Waals surface area contributed by atoms with Crippen LogP contribution in [-0.2, 0) is 21.4 Å². The molecule has 1 fully saturated rings. The number of ether oxygens (including phenoxy) is 2. The first-order valence-corrected chi connectivity index (χ1v) is 13.3. The van der Waals surface area contributed by atoms with Crippen LogP contribution in [0, 0.1) is 5.82 Å². The highest BCUT2D eigenvalue weighted by atomic mass is 35.5. The van der Waals surface area contributed by atoms with Gasteiger partial charge in [0.15, 0.2) is 11.5 Å². The summed E-state index contributed by atoms with van der Waals surface area (Å²) in [7, 11) is -2.37. The summed E-state index contributed by atoms with van der Waals surface area (Å²) < 4.78 is 51.8. The lowest BCUT2D eigenvalue weighted by molar-refractivity contribution is -0.124. The minimum absolute atomic E-state index is 0.0758. The molecule has 1 aliphatic heterocycles. The molecule has 4 rings (SSSR count). The fourth-order valence-electron chi connectivity index (χ4n) is 3.95. The maximum atomic E-state index is 13.4. The average Bonchev–Trinajstić information content (AvgIpc) is 3.39. The van der Waals surface area contributed by atoms with Gasteiger partial charge in [-0.1, -0.05) is 23.7 Å². The van der Waals surface area contributed by atoms with E-state index in [1.165, 1.54) is 54.0 Å². The third-order valence-corrected chi connectivity index (χ3v) is 7.96. The Morgan fingerprint density at radius 2 is 1.95 bits per heavy atom. The van der Waals surface area contributed by atoms with Gasteiger partial charge in [-0.25, -0.2) is 18.2 Å². The van der Waals surface area contributed by atoms with Crippen LogP contribution in [0.3, 0.4) is 0 Å². The third kappa shape index (κ3) is 6.46. The molecular weight excluding hydrogens is 521 g/mol. The molecule has 0 saturated carbocycles. The molecule has 1 amide bonds. The van der Waals surface area contributed by atoms with Gasteiger partial charge in [-0.15, -0.1) is 0 Å². The Labute approximate surface area is 219 Å². The van der Waals surface area contributed by atoms with Crippen LogP contribution in [0.15, 0.2) is 76.7 Å². The standard InChI is InChI=1S/C26H25ClFN3O5S/c1-35-25-15-18(7-12-24(25)36-17-19-4-2-5-21(28)14-19)16-29-30-26(32)23-6-3-13-31(23)37(33,34)22-10-8-20(27)9-11-22/h2,4-5,7-12,14-16,23H,3,6,13,17H2,1H3,(H,30,32)/b29-16-/t23-/m1/s1. The largest absolute Gasteiger partial charge is 0.493 e. The van der Waals surface area contributed by atoms with Crippen molar-refractivity contribution in [2.24, 2.45) is 5.10 Å². The van der Waals surface area contributed by atoms with Crippen LogP contribution in [0.5, 0.6) is 11.5 Å².